The lowest BCUT2D eigenvalue weighted by Crippen LogP contribution is -2.45. The average molecular weight is 300 g/mol. The van der Waals surface area contributed by atoms with E-state index in [1.807, 2.05) is 12.1 Å². The van der Waals surface area contributed by atoms with Crippen LogP contribution >= 0.6 is 0 Å². The fourth-order valence-electron chi connectivity index (χ4n) is 2.91. The molecule has 116 valence electrons. The number of nitrogens with zero attached hydrogens (tertiary/aromatic N) is 3. The molecule has 0 unspecified atom stereocenters. The van der Waals surface area contributed by atoms with Crippen LogP contribution in [-0.2, 0) is 4.74 Å². The lowest BCUT2D eigenvalue weighted by atomic mass is 9.92. The van der Waals surface area contributed by atoms with Crippen molar-refractivity contribution < 1.29 is 9.53 Å². The van der Waals surface area contributed by atoms with Gasteiger partial charge in [0.15, 0.2) is 0 Å². The summed E-state index contributed by atoms with van der Waals surface area (Å²) in [6.07, 6.45) is 7.78. The van der Waals surface area contributed by atoms with Crippen LogP contribution in [0.1, 0.15) is 36.0 Å². The standard InChI is InChI=1S/C16H20N4O2/c1-22-15-5-3-2-4-14(15)18-16(21)12-6-8-13(9-7-12)20-11-10-17-19-20/h6-11,14-15H,2-5H2,1H3,(H,18,21)/t14-,15-/m0/s1. The van der Waals surface area contributed by atoms with E-state index in [0.717, 1.165) is 31.4 Å². The molecule has 1 aromatic heterocycles. The maximum absolute atomic E-state index is 12.4. The van der Waals surface area contributed by atoms with Gasteiger partial charge in [0.05, 0.1) is 30.2 Å². The minimum Gasteiger partial charge on any atom is -0.379 e. The molecule has 1 saturated carbocycles. The monoisotopic (exact) mass is 300 g/mol. The van der Waals surface area contributed by atoms with Gasteiger partial charge in [0.1, 0.15) is 0 Å². The van der Waals surface area contributed by atoms with Gasteiger partial charge in [-0.05, 0) is 37.1 Å². The Hall–Kier alpha value is -2.21. The van der Waals surface area contributed by atoms with Crippen molar-refractivity contribution in [2.75, 3.05) is 7.11 Å². The highest BCUT2D eigenvalue weighted by atomic mass is 16.5. The Morgan fingerprint density at radius 3 is 2.73 bits per heavy atom. The first-order valence-electron chi connectivity index (χ1n) is 7.58. The van der Waals surface area contributed by atoms with Crippen molar-refractivity contribution in [3.8, 4) is 5.69 Å². The van der Waals surface area contributed by atoms with Crippen LogP contribution in [0.4, 0.5) is 0 Å². The highest BCUT2D eigenvalue weighted by Crippen LogP contribution is 2.21. The number of benzene rings is 1. The summed E-state index contributed by atoms with van der Waals surface area (Å²) < 4.78 is 7.13. The van der Waals surface area contributed by atoms with E-state index >= 15 is 0 Å². The molecule has 6 heteroatoms. The summed E-state index contributed by atoms with van der Waals surface area (Å²) in [5.41, 5.74) is 1.52. The van der Waals surface area contributed by atoms with E-state index in [1.54, 1.807) is 36.3 Å². The second-order valence-electron chi connectivity index (χ2n) is 5.53. The smallest absolute Gasteiger partial charge is 0.251 e. The topological polar surface area (TPSA) is 69.0 Å². The van der Waals surface area contributed by atoms with Crippen LogP contribution in [-0.4, -0.2) is 40.2 Å². The van der Waals surface area contributed by atoms with E-state index in [1.165, 1.54) is 0 Å². The lowest BCUT2D eigenvalue weighted by molar-refractivity contribution is 0.0392. The SMILES string of the molecule is CO[C@H]1CCCC[C@@H]1NC(=O)c1ccc(-n2ccnn2)cc1. The first-order valence-corrected chi connectivity index (χ1v) is 7.58. The molecule has 1 heterocycles. The quantitative estimate of drug-likeness (QED) is 0.937. The van der Waals surface area contributed by atoms with Crippen molar-refractivity contribution in [1.29, 1.82) is 0 Å². The second kappa shape index (κ2) is 6.70. The summed E-state index contributed by atoms with van der Waals surface area (Å²) >= 11 is 0. The fraction of sp³-hybridized carbons (Fsp3) is 0.438. The van der Waals surface area contributed by atoms with Gasteiger partial charge in [-0.3, -0.25) is 4.79 Å². The van der Waals surface area contributed by atoms with Crippen molar-refractivity contribution in [3.63, 3.8) is 0 Å². The van der Waals surface area contributed by atoms with Crippen LogP contribution in [0.15, 0.2) is 36.7 Å². The molecule has 3 rings (SSSR count). The zero-order chi connectivity index (χ0) is 15.4. The molecule has 1 aromatic carbocycles. The van der Waals surface area contributed by atoms with E-state index in [9.17, 15) is 4.79 Å². The molecule has 2 atom stereocenters. The summed E-state index contributed by atoms with van der Waals surface area (Å²) in [7, 11) is 1.71. The number of hydrogen-bond acceptors (Lipinski definition) is 4. The van der Waals surface area contributed by atoms with Gasteiger partial charge in [0, 0.05) is 12.7 Å². The Kier molecular flexibility index (Phi) is 4.48. The normalized spacial score (nSPS) is 21.5. The number of aromatic nitrogens is 3. The van der Waals surface area contributed by atoms with E-state index < -0.39 is 0 Å². The number of amides is 1. The number of carbonyl (C=O) groups excluding carboxylic acids is 1. The zero-order valence-corrected chi connectivity index (χ0v) is 12.6. The molecular formula is C16H20N4O2. The minimum atomic E-state index is -0.0564. The molecule has 22 heavy (non-hydrogen) atoms. The largest absolute Gasteiger partial charge is 0.379 e. The van der Waals surface area contributed by atoms with Gasteiger partial charge in [-0.2, -0.15) is 0 Å². The number of ether oxygens (including phenoxy) is 1. The molecule has 1 aliphatic carbocycles. The van der Waals surface area contributed by atoms with Crippen LogP contribution in [0, 0.1) is 0 Å². The van der Waals surface area contributed by atoms with E-state index in [-0.39, 0.29) is 18.1 Å². The third-order valence-electron chi connectivity index (χ3n) is 4.14. The first kappa shape index (κ1) is 14.7. The Bertz CT molecular complexity index is 610. The van der Waals surface area contributed by atoms with Gasteiger partial charge in [-0.15, -0.1) is 5.10 Å². The highest BCUT2D eigenvalue weighted by Gasteiger charge is 2.26. The van der Waals surface area contributed by atoms with Gasteiger partial charge in [0.25, 0.3) is 5.91 Å². The number of methoxy groups -OCH3 is 1. The summed E-state index contributed by atoms with van der Waals surface area (Å²) in [6.45, 7) is 0. The van der Waals surface area contributed by atoms with E-state index in [2.05, 4.69) is 15.6 Å². The third kappa shape index (κ3) is 3.17. The molecule has 1 aliphatic rings. The maximum Gasteiger partial charge on any atom is 0.251 e. The second-order valence-corrected chi connectivity index (χ2v) is 5.53. The van der Waals surface area contributed by atoms with E-state index in [0.29, 0.717) is 5.56 Å². The summed E-state index contributed by atoms with van der Waals surface area (Å²) in [4.78, 5) is 12.4. The van der Waals surface area contributed by atoms with Crippen LogP contribution in [0.3, 0.4) is 0 Å². The average Bonchev–Trinajstić information content (AvgIpc) is 3.10. The van der Waals surface area contributed by atoms with Gasteiger partial charge < -0.3 is 10.1 Å². The van der Waals surface area contributed by atoms with Crippen LogP contribution < -0.4 is 5.32 Å². The summed E-state index contributed by atoms with van der Waals surface area (Å²) in [5.74, 6) is -0.0564. The molecule has 0 radical (unpaired) electrons. The molecule has 0 saturated heterocycles. The molecule has 6 nitrogen and oxygen atoms in total. The Morgan fingerprint density at radius 1 is 1.27 bits per heavy atom. The van der Waals surface area contributed by atoms with Gasteiger partial charge in [0.2, 0.25) is 0 Å². The van der Waals surface area contributed by atoms with Crippen LogP contribution in [0.2, 0.25) is 0 Å². The molecule has 0 bridgehead atoms. The molecule has 1 amide bonds. The Labute approximate surface area is 129 Å². The highest BCUT2D eigenvalue weighted by molar-refractivity contribution is 5.94. The molecule has 2 aromatic rings. The number of carbonyl (C=O) groups is 1. The molecule has 1 fully saturated rings. The van der Waals surface area contributed by atoms with Crippen molar-refractivity contribution in [3.05, 3.63) is 42.2 Å². The summed E-state index contributed by atoms with van der Waals surface area (Å²) in [6, 6.07) is 7.42. The molecule has 1 N–H and O–H groups in total. The van der Waals surface area contributed by atoms with Gasteiger partial charge in [-0.1, -0.05) is 18.1 Å². The van der Waals surface area contributed by atoms with Gasteiger partial charge >= 0.3 is 0 Å². The van der Waals surface area contributed by atoms with Crippen molar-refractivity contribution >= 4 is 5.91 Å². The first-order chi connectivity index (χ1) is 10.8. The zero-order valence-electron chi connectivity index (χ0n) is 12.6. The van der Waals surface area contributed by atoms with Crippen LogP contribution in [0.25, 0.3) is 5.69 Å². The summed E-state index contributed by atoms with van der Waals surface area (Å²) in [5, 5.41) is 10.8. The predicted octanol–water partition coefficient (Wildman–Crippen LogP) is 1.95. The number of rotatable bonds is 4. The van der Waals surface area contributed by atoms with Crippen molar-refractivity contribution in [2.45, 2.75) is 37.8 Å². The fourth-order valence-corrected chi connectivity index (χ4v) is 2.91. The Balaban J connectivity index is 1.67. The third-order valence-corrected chi connectivity index (χ3v) is 4.14. The molecule has 0 spiro atoms. The maximum atomic E-state index is 12.4. The molecule has 0 aliphatic heterocycles. The lowest BCUT2D eigenvalue weighted by Gasteiger charge is -2.31. The van der Waals surface area contributed by atoms with E-state index in [4.69, 9.17) is 4.74 Å². The van der Waals surface area contributed by atoms with Crippen LogP contribution in [0.5, 0.6) is 0 Å². The number of nitrogens with one attached hydrogen (secondary N) is 1. The number of hydrogen-bond donors (Lipinski definition) is 1. The molecular weight excluding hydrogens is 280 g/mol. The minimum absolute atomic E-state index is 0.0564. The van der Waals surface area contributed by atoms with Crippen molar-refractivity contribution in [1.82, 2.24) is 20.3 Å². The van der Waals surface area contributed by atoms with Gasteiger partial charge in [-0.25, -0.2) is 4.68 Å². The van der Waals surface area contributed by atoms with Crippen molar-refractivity contribution in [2.24, 2.45) is 0 Å². The Morgan fingerprint density at radius 2 is 2.05 bits per heavy atom. The predicted molar refractivity (Wildman–Crippen MR) is 81.9 cm³/mol.